The summed E-state index contributed by atoms with van der Waals surface area (Å²) in [6.45, 7) is 9.49. The van der Waals surface area contributed by atoms with Gasteiger partial charge in [-0.1, -0.05) is 6.92 Å². The highest BCUT2D eigenvalue weighted by molar-refractivity contribution is 5.90. The monoisotopic (exact) mass is 379 g/mol. The minimum Gasteiger partial charge on any atom is -0.444 e. The van der Waals surface area contributed by atoms with E-state index in [0.29, 0.717) is 31.7 Å². The van der Waals surface area contributed by atoms with E-state index in [-0.39, 0.29) is 29.8 Å². The van der Waals surface area contributed by atoms with Crippen LogP contribution in [0.4, 0.5) is 14.9 Å². The van der Waals surface area contributed by atoms with Gasteiger partial charge in [-0.3, -0.25) is 4.79 Å². The Morgan fingerprint density at radius 2 is 1.93 bits per heavy atom. The molecule has 27 heavy (non-hydrogen) atoms. The highest BCUT2D eigenvalue weighted by Gasteiger charge is 2.30. The van der Waals surface area contributed by atoms with Crippen LogP contribution in [-0.2, 0) is 9.53 Å². The number of likely N-dealkylation sites (tertiary alicyclic amines) is 1. The zero-order valence-electron chi connectivity index (χ0n) is 16.5. The van der Waals surface area contributed by atoms with Crippen molar-refractivity contribution < 1.29 is 18.7 Å². The topological polar surface area (TPSA) is 70.7 Å². The third-order valence-corrected chi connectivity index (χ3v) is 4.44. The van der Waals surface area contributed by atoms with Gasteiger partial charge in [-0.05, 0) is 57.4 Å². The lowest BCUT2D eigenvalue weighted by molar-refractivity contribution is -0.116. The molecule has 6 nitrogen and oxygen atoms in total. The number of nitrogens with one attached hydrogen (secondary N) is 2. The first-order chi connectivity index (χ1) is 12.6. The Kier molecular flexibility index (Phi) is 7.18. The van der Waals surface area contributed by atoms with Gasteiger partial charge >= 0.3 is 6.09 Å². The molecular formula is C20H30FN3O3. The molecule has 2 atom stereocenters. The predicted molar refractivity (Wildman–Crippen MR) is 103 cm³/mol. The quantitative estimate of drug-likeness (QED) is 0.823. The van der Waals surface area contributed by atoms with Gasteiger partial charge in [0.15, 0.2) is 0 Å². The minimum absolute atomic E-state index is 0.118. The number of piperidine rings is 1. The molecule has 1 aliphatic rings. The molecule has 0 radical (unpaired) electrons. The van der Waals surface area contributed by atoms with E-state index in [2.05, 4.69) is 17.6 Å². The molecule has 150 valence electrons. The highest BCUT2D eigenvalue weighted by atomic mass is 19.1. The third-order valence-electron chi connectivity index (χ3n) is 4.44. The number of anilines is 1. The number of carbonyl (C=O) groups excluding carboxylic acids is 2. The van der Waals surface area contributed by atoms with Crippen molar-refractivity contribution in [1.82, 2.24) is 10.2 Å². The Balaban J connectivity index is 1.70. The van der Waals surface area contributed by atoms with Gasteiger partial charge in [0.2, 0.25) is 5.91 Å². The maximum absolute atomic E-state index is 12.9. The summed E-state index contributed by atoms with van der Waals surface area (Å²) in [5, 5.41) is 6.15. The fourth-order valence-electron chi connectivity index (χ4n) is 3.07. The zero-order valence-corrected chi connectivity index (χ0v) is 16.5. The number of hydrogen-bond donors (Lipinski definition) is 2. The maximum atomic E-state index is 12.9. The van der Waals surface area contributed by atoms with Crippen LogP contribution in [-0.4, -0.2) is 48.2 Å². The van der Waals surface area contributed by atoms with Gasteiger partial charge < -0.3 is 20.3 Å². The molecule has 1 aliphatic heterocycles. The molecule has 1 saturated heterocycles. The maximum Gasteiger partial charge on any atom is 0.410 e. The summed E-state index contributed by atoms with van der Waals surface area (Å²) in [7, 11) is 0. The number of rotatable bonds is 5. The summed E-state index contributed by atoms with van der Waals surface area (Å²) < 4.78 is 18.3. The summed E-state index contributed by atoms with van der Waals surface area (Å²) in [5.41, 5.74) is 0.0910. The highest BCUT2D eigenvalue weighted by Crippen LogP contribution is 2.19. The Labute approximate surface area is 160 Å². The lowest BCUT2D eigenvalue weighted by atomic mass is 9.94. The van der Waals surface area contributed by atoms with Crippen LogP contribution in [0, 0.1) is 11.7 Å². The van der Waals surface area contributed by atoms with Gasteiger partial charge in [0.05, 0.1) is 0 Å². The fraction of sp³-hybridized carbons (Fsp3) is 0.600. The largest absolute Gasteiger partial charge is 0.444 e. The van der Waals surface area contributed by atoms with Crippen molar-refractivity contribution in [2.75, 3.05) is 25.0 Å². The first-order valence-corrected chi connectivity index (χ1v) is 9.41. The van der Waals surface area contributed by atoms with Crippen molar-refractivity contribution in [2.45, 2.75) is 52.2 Å². The number of benzene rings is 1. The van der Waals surface area contributed by atoms with E-state index >= 15 is 0 Å². The molecule has 0 unspecified atom stereocenters. The first kappa shape index (κ1) is 21.2. The van der Waals surface area contributed by atoms with E-state index in [0.717, 1.165) is 6.42 Å². The van der Waals surface area contributed by atoms with Crippen LogP contribution in [0.2, 0.25) is 0 Å². The van der Waals surface area contributed by atoms with Crippen molar-refractivity contribution in [3.05, 3.63) is 30.1 Å². The Morgan fingerprint density at radius 3 is 2.52 bits per heavy atom. The molecule has 0 bridgehead atoms. The van der Waals surface area contributed by atoms with Crippen molar-refractivity contribution in [3.63, 3.8) is 0 Å². The Bertz CT molecular complexity index is 643. The standard InChI is InChI=1S/C20H30FN3O3/c1-14-13-24(19(26)27-20(2,3)4)12-10-17(14)22-11-9-18(25)23-16-7-5-15(21)6-8-16/h5-8,14,17,22H,9-13H2,1-4H3,(H,23,25)/t14-,17+/m1/s1. The van der Waals surface area contributed by atoms with Crippen molar-refractivity contribution >= 4 is 17.7 Å². The van der Waals surface area contributed by atoms with Crippen LogP contribution in [0.25, 0.3) is 0 Å². The zero-order chi connectivity index (χ0) is 20.0. The second-order valence-corrected chi connectivity index (χ2v) is 8.06. The summed E-state index contributed by atoms with van der Waals surface area (Å²) in [6, 6.07) is 5.95. The second kappa shape index (κ2) is 9.17. The van der Waals surface area contributed by atoms with E-state index < -0.39 is 5.60 Å². The second-order valence-electron chi connectivity index (χ2n) is 8.06. The summed E-state index contributed by atoms with van der Waals surface area (Å²) >= 11 is 0. The van der Waals surface area contributed by atoms with E-state index in [4.69, 9.17) is 4.74 Å². The molecule has 1 fully saturated rings. The molecule has 0 saturated carbocycles. The number of amides is 2. The van der Waals surface area contributed by atoms with Gasteiger partial charge in [0.1, 0.15) is 11.4 Å². The number of nitrogens with zero attached hydrogens (tertiary/aromatic N) is 1. The van der Waals surface area contributed by atoms with Crippen LogP contribution in [0.3, 0.4) is 0 Å². The molecule has 0 aromatic heterocycles. The molecule has 7 heteroatoms. The number of carbonyl (C=O) groups is 2. The molecule has 1 aromatic rings. The summed E-state index contributed by atoms with van der Waals surface area (Å²) in [6.07, 6.45) is 0.877. The Hall–Kier alpha value is -2.15. The van der Waals surface area contributed by atoms with E-state index in [1.807, 2.05) is 20.8 Å². The number of ether oxygens (including phenoxy) is 1. The van der Waals surface area contributed by atoms with Crippen LogP contribution in [0.1, 0.15) is 40.5 Å². The van der Waals surface area contributed by atoms with Crippen molar-refractivity contribution in [3.8, 4) is 0 Å². The van der Waals surface area contributed by atoms with Crippen LogP contribution >= 0.6 is 0 Å². The predicted octanol–water partition coefficient (Wildman–Crippen LogP) is 3.39. The molecule has 0 aliphatic carbocycles. The van der Waals surface area contributed by atoms with Gasteiger partial charge in [-0.25, -0.2) is 9.18 Å². The molecule has 2 rings (SSSR count). The molecule has 1 aromatic carbocycles. The van der Waals surface area contributed by atoms with E-state index in [1.54, 1.807) is 4.90 Å². The van der Waals surface area contributed by atoms with Gasteiger partial charge in [-0.2, -0.15) is 0 Å². The lowest BCUT2D eigenvalue weighted by Gasteiger charge is -2.38. The summed E-state index contributed by atoms with van der Waals surface area (Å²) in [5.74, 6) is -0.180. The lowest BCUT2D eigenvalue weighted by Crippen LogP contribution is -2.51. The SMILES string of the molecule is C[C@@H]1CN(C(=O)OC(C)(C)C)CC[C@@H]1NCCC(=O)Nc1ccc(F)cc1. The van der Waals surface area contributed by atoms with Crippen LogP contribution in [0.15, 0.2) is 24.3 Å². The normalized spacial score (nSPS) is 20.3. The molecule has 2 amide bonds. The van der Waals surface area contributed by atoms with E-state index in [1.165, 1.54) is 24.3 Å². The van der Waals surface area contributed by atoms with Gasteiger partial charge in [0, 0.05) is 37.8 Å². The average Bonchev–Trinajstić information content (AvgIpc) is 2.57. The molecule has 0 spiro atoms. The van der Waals surface area contributed by atoms with Crippen molar-refractivity contribution in [2.24, 2.45) is 5.92 Å². The van der Waals surface area contributed by atoms with Crippen molar-refractivity contribution in [1.29, 1.82) is 0 Å². The molecular weight excluding hydrogens is 349 g/mol. The first-order valence-electron chi connectivity index (χ1n) is 9.41. The van der Waals surface area contributed by atoms with Crippen LogP contribution < -0.4 is 10.6 Å². The minimum atomic E-state index is -0.493. The molecule has 1 heterocycles. The molecule has 2 N–H and O–H groups in total. The van der Waals surface area contributed by atoms with E-state index in [9.17, 15) is 14.0 Å². The number of hydrogen-bond acceptors (Lipinski definition) is 4. The van der Waals surface area contributed by atoms with Gasteiger partial charge in [0.25, 0.3) is 0 Å². The van der Waals surface area contributed by atoms with Crippen LogP contribution in [0.5, 0.6) is 0 Å². The van der Waals surface area contributed by atoms with Gasteiger partial charge in [-0.15, -0.1) is 0 Å². The Morgan fingerprint density at radius 1 is 1.26 bits per heavy atom. The number of halogens is 1. The summed E-state index contributed by atoms with van der Waals surface area (Å²) in [4.78, 5) is 25.9. The average molecular weight is 379 g/mol. The third kappa shape index (κ3) is 7.17. The fourth-order valence-corrected chi connectivity index (χ4v) is 3.07. The smallest absolute Gasteiger partial charge is 0.410 e.